The number of carbonyl (C=O) groups excluding carboxylic acids is 1. The second-order valence-electron chi connectivity index (χ2n) is 22.3. The Morgan fingerprint density at radius 1 is 0.311 bits per heavy atom. The molecule has 23 heteroatoms. The van der Waals surface area contributed by atoms with Gasteiger partial charge in [0.15, 0.2) is 16.6 Å². The van der Waals surface area contributed by atoms with Crippen LogP contribution in [0, 0.1) is 0 Å². The van der Waals surface area contributed by atoms with Gasteiger partial charge in [0.1, 0.15) is 0 Å². The van der Waals surface area contributed by atoms with Crippen LogP contribution in [0.1, 0.15) is 84.0 Å². The minimum Gasteiger partial charge on any atom is -0.436 e. The minimum atomic E-state index is -2.73. The molecule has 0 aromatic carbocycles. The maximum absolute atomic E-state index is 10.9. The number of unbranched alkanes of at least 4 members (excludes halogenated alkanes) is 9. The van der Waals surface area contributed by atoms with E-state index in [9.17, 15) is 4.79 Å². The van der Waals surface area contributed by atoms with Crippen molar-refractivity contribution >= 4 is 111 Å². The van der Waals surface area contributed by atoms with Gasteiger partial charge in [-0.25, -0.2) is 0 Å². The van der Waals surface area contributed by atoms with Gasteiger partial charge in [0.25, 0.3) is 0 Å². The zero-order valence-electron chi connectivity index (χ0n) is 43.8. The highest BCUT2D eigenvalue weighted by Crippen LogP contribution is 2.32. The van der Waals surface area contributed by atoms with Crippen molar-refractivity contribution in [2.45, 2.75) is 240 Å². The number of hydrogen-bond acceptors (Lipinski definition) is 11. The van der Waals surface area contributed by atoms with E-state index in [1.807, 2.05) is 0 Å². The Kier molecular flexibility index (Phi) is 26.3. The molecule has 0 radical (unpaired) electrons. The fraction of sp³-hybridized carbons (Fsp3) is 0.974. The zero-order chi connectivity index (χ0) is 48.0. The second-order valence-corrected chi connectivity index (χ2v) is 64.1. The van der Waals surface area contributed by atoms with Gasteiger partial charge in [-0.15, -0.1) is 0 Å². The molecule has 0 aliphatic rings. The lowest BCUT2D eigenvalue weighted by Crippen LogP contribution is -2.62. The maximum atomic E-state index is 10.9. The number of halogens is 1. The van der Waals surface area contributed by atoms with E-state index in [-0.39, 0.29) is 5.24 Å². The summed E-state index contributed by atoms with van der Waals surface area (Å²) in [5.74, 6) is 0. The van der Waals surface area contributed by atoms with Crippen LogP contribution in [-0.4, -0.2) is 98.9 Å². The highest BCUT2D eigenvalue weighted by molar-refractivity contribution is 6.93. The third-order valence-electron chi connectivity index (χ3n) is 9.26. The molecule has 0 saturated carbocycles. The first-order chi connectivity index (χ1) is 27.0. The Hall–Kier alpha value is 1.95. The normalized spacial score (nSPS) is 14.9. The highest BCUT2D eigenvalue weighted by Gasteiger charge is 2.51. The first-order valence-corrected chi connectivity index (χ1v) is 55.2. The fourth-order valence-electron chi connectivity index (χ4n) is 9.01. The van der Waals surface area contributed by atoms with Crippen molar-refractivity contribution in [2.24, 2.45) is 0 Å². The second kappa shape index (κ2) is 25.5. The van der Waals surface area contributed by atoms with E-state index < -0.39 is 93.7 Å². The molecule has 0 saturated heterocycles. The molecule has 0 aromatic heterocycles. The number of rotatable bonds is 35. The van der Waals surface area contributed by atoms with Crippen LogP contribution in [0.15, 0.2) is 0 Å². The van der Waals surface area contributed by atoms with Gasteiger partial charge in [-0.1, -0.05) is 71.1 Å². The summed E-state index contributed by atoms with van der Waals surface area (Å²) in [6.45, 7) is 49.5. The predicted molar refractivity (Wildman–Crippen MR) is 285 cm³/mol. The van der Waals surface area contributed by atoms with Gasteiger partial charge in [0, 0.05) is 6.42 Å². The van der Waals surface area contributed by atoms with Crippen molar-refractivity contribution in [3.8, 4) is 0 Å². The Labute approximate surface area is 393 Å². The Morgan fingerprint density at radius 2 is 0.508 bits per heavy atom. The molecule has 0 fully saturated rings. The summed E-state index contributed by atoms with van der Waals surface area (Å²) < 4.78 is 68.4. The van der Waals surface area contributed by atoms with Crippen LogP contribution in [0.5, 0.6) is 0 Å². The molecular weight excluding hydrogens is 977 g/mol. The monoisotopic (exact) mass is 1070 g/mol. The fourth-order valence-corrected chi connectivity index (χ4v) is 65.7. The van der Waals surface area contributed by atoms with Crippen LogP contribution < -0.4 is 0 Å². The van der Waals surface area contributed by atoms with E-state index in [0.717, 1.165) is 24.9 Å². The number of carbonyl (C=O) groups is 1. The summed E-state index contributed by atoms with van der Waals surface area (Å²) in [4.78, 5) is 10.9. The molecule has 366 valence electrons. The third kappa shape index (κ3) is 33.1. The lowest BCUT2D eigenvalue weighted by atomic mass is 10.1. The van der Waals surface area contributed by atoms with Crippen molar-refractivity contribution in [2.75, 3.05) is 0 Å². The van der Waals surface area contributed by atoms with Gasteiger partial charge in [-0.05, 0) is 174 Å². The predicted octanol–water partition coefficient (Wildman–Crippen LogP) is 14.3. The zero-order valence-corrected chi connectivity index (χ0v) is 55.5. The summed E-state index contributed by atoms with van der Waals surface area (Å²) in [6, 6.07) is 2.27. The third-order valence-corrected chi connectivity index (χ3v) is 52.4. The van der Waals surface area contributed by atoms with Gasteiger partial charge in [-0.2, -0.15) is 0 Å². The van der Waals surface area contributed by atoms with Crippen molar-refractivity contribution in [3.63, 3.8) is 0 Å². The molecule has 61 heavy (non-hydrogen) atoms. The quantitative estimate of drug-likeness (QED) is 0.0344. The van der Waals surface area contributed by atoms with Crippen molar-refractivity contribution < 1.29 is 45.9 Å². The number of hydrogen-bond donors (Lipinski definition) is 0. The standard InChI is InChI=1S/C38H97ClO11Si11/c1-24-25-36-51(2,3)41-53(6,7)43-55(10,11)45-57(14,15)47-59(18,19)49-61(22,23)50-60(20,21)48-58(16,17)46-56(12,13)44-54(8,9)42-52(4,5)37-34-32-30-28-26-27-29-31-33-35-38(39)40/h24-37H2,1-23H3. The SMILES string of the molecule is CCCC[Si](C)(C)O[Si](C)(C)O[Si](C)(C)O[Si](C)(C)O[Si](C)(C)O[Si](C)(C)O[Si](C)(C)O[Si](C)(C)O[Si](C)(C)O[Si](C)(C)O[Si](C)(C)CCCCCCCCCCCC(=O)Cl. The van der Waals surface area contributed by atoms with E-state index in [4.69, 9.17) is 52.8 Å². The Balaban J connectivity index is 5.24. The topological polar surface area (TPSA) is 109 Å². The van der Waals surface area contributed by atoms with Crippen molar-refractivity contribution in [3.05, 3.63) is 0 Å². The maximum Gasteiger partial charge on any atom is 0.314 e. The van der Waals surface area contributed by atoms with Crippen LogP contribution in [0.3, 0.4) is 0 Å². The molecule has 0 aromatic rings. The van der Waals surface area contributed by atoms with Crippen LogP contribution in [0.4, 0.5) is 0 Å². The molecule has 0 N–H and O–H groups in total. The molecule has 0 unspecified atom stereocenters. The van der Waals surface area contributed by atoms with Gasteiger partial charge in [0.05, 0.1) is 0 Å². The van der Waals surface area contributed by atoms with Gasteiger partial charge >= 0.3 is 77.0 Å². The Morgan fingerprint density at radius 3 is 0.738 bits per heavy atom. The highest BCUT2D eigenvalue weighted by atomic mass is 35.5. The van der Waals surface area contributed by atoms with E-state index in [2.05, 4.69) is 151 Å². The van der Waals surface area contributed by atoms with Crippen LogP contribution in [0.2, 0.25) is 156 Å². The molecular formula is C38H97ClO11Si11. The van der Waals surface area contributed by atoms with E-state index in [0.29, 0.717) is 6.42 Å². The summed E-state index contributed by atoms with van der Waals surface area (Å²) in [5, 5.41) is -0.216. The lowest BCUT2D eigenvalue weighted by molar-refractivity contribution is -0.111. The van der Waals surface area contributed by atoms with Crippen LogP contribution >= 0.6 is 11.6 Å². The van der Waals surface area contributed by atoms with Crippen LogP contribution in [-0.2, 0) is 45.9 Å². The average molecular weight is 1070 g/mol. The molecule has 0 bridgehead atoms. The van der Waals surface area contributed by atoms with E-state index >= 15 is 0 Å². The smallest absolute Gasteiger partial charge is 0.314 e. The van der Waals surface area contributed by atoms with Crippen LogP contribution in [0.25, 0.3) is 0 Å². The lowest BCUT2D eigenvalue weighted by Gasteiger charge is -2.45. The molecule has 0 amide bonds. The molecule has 0 atom stereocenters. The summed E-state index contributed by atoms with van der Waals surface area (Å²) in [5.41, 5.74) is 0. The first-order valence-electron chi connectivity index (χ1n) is 23.2. The molecule has 0 heterocycles. The van der Waals surface area contributed by atoms with Crippen molar-refractivity contribution in [1.29, 1.82) is 0 Å². The molecule has 0 aliphatic heterocycles. The summed E-state index contributed by atoms with van der Waals surface area (Å²) in [6.07, 6.45) is 13.5. The molecule has 0 aliphatic carbocycles. The summed E-state index contributed by atoms with van der Waals surface area (Å²) in [7, 11) is -27.4. The van der Waals surface area contributed by atoms with Gasteiger partial charge < -0.3 is 41.2 Å². The molecule has 0 rings (SSSR count). The first kappa shape index (κ1) is 62.9. The molecule has 0 spiro atoms. The van der Waals surface area contributed by atoms with Gasteiger partial charge in [-0.3, -0.25) is 4.79 Å². The van der Waals surface area contributed by atoms with Crippen molar-refractivity contribution in [1.82, 2.24) is 0 Å². The Bertz CT molecular complexity index is 1300. The van der Waals surface area contributed by atoms with Gasteiger partial charge in [0.2, 0.25) is 5.24 Å². The van der Waals surface area contributed by atoms with E-state index in [1.165, 1.54) is 57.8 Å². The average Bonchev–Trinajstić information content (AvgIpc) is 2.91. The summed E-state index contributed by atoms with van der Waals surface area (Å²) >= 11 is 5.43. The van der Waals surface area contributed by atoms with E-state index in [1.54, 1.807) is 0 Å². The largest absolute Gasteiger partial charge is 0.436 e. The minimum absolute atomic E-state index is 0.216. The molecule has 11 nitrogen and oxygen atoms in total.